The van der Waals surface area contributed by atoms with E-state index in [0.29, 0.717) is 12.5 Å². The van der Waals surface area contributed by atoms with E-state index in [-0.39, 0.29) is 30.5 Å². The molecule has 0 amide bonds. The molecular weight excluding hydrogens is 414 g/mol. The average molecular weight is 456 g/mol. The minimum Gasteiger partial charge on any atom is -0.461 e. The highest BCUT2D eigenvalue weighted by Crippen LogP contribution is 2.44. The molecule has 0 heterocycles. The standard InChI is InChI=1S/C28H41NO4/c1-5-21-19-24(23(21)15-18-29-20-25(30)33-27(2,3)4)32-26(31)28(16-11-6-7-12-17-28)22-13-9-8-10-14-22/h5,8-10,13-14,21,23-24,29H,1,6-7,11-12,15-20H2,2-4H3/t21?,23?,24-/m0/s1. The van der Waals surface area contributed by atoms with Crippen molar-refractivity contribution in [1.29, 1.82) is 0 Å². The Kier molecular flexibility index (Phi) is 8.75. The highest BCUT2D eigenvalue weighted by atomic mass is 16.6. The van der Waals surface area contributed by atoms with Crippen molar-refractivity contribution in [3.63, 3.8) is 0 Å². The Morgan fingerprint density at radius 3 is 2.39 bits per heavy atom. The van der Waals surface area contributed by atoms with E-state index in [0.717, 1.165) is 44.1 Å². The van der Waals surface area contributed by atoms with Gasteiger partial charge in [-0.15, -0.1) is 6.58 Å². The Balaban J connectivity index is 1.59. The second-order valence-corrected chi connectivity index (χ2v) is 10.7. The molecule has 5 heteroatoms. The number of nitrogens with one attached hydrogen (secondary N) is 1. The predicted molar refractivity (Wildman–Crippen MR) is 131 cm³/mol. The SMILES string of the molecule is C=CC1C[C@H](OC(=O)C2(c3ccccc3)CCCCCC2)C1CCNCC(=O)OC(C)(C)C. The lowest BCUT2D eigenvalue weighted by molar-refractivity contribution is -0.169. The Hall–Kier alpha value is -2.14. The van der Waals surface area contributed by atoms with E-state index in [1.807, 2.05) is 45.0 Å². The van der Waals surface area contributed by atoms with Gasteiger partial charge in [0.15, 0.2) is 0 Å². The molecule has 2 aliphatic rings. The van der Waals surface area contributed by atoms with Gasteiger partial charge in [-0.2, -0.15) is 0 Å². The van der Waals surface area contributed by atoms with Gasteiger partial charge in [0, 0.05) is 5.92 Å². The van der Waals surface area contributed by atoms with Crippen LogP contribution < -0.4 is 5.32 Å². The molecule has 0 aromatic heterocycles. The number of hydrogen-bond acceptors (Lipinski definition) is 5. The van der Waals surface area contributed by atoms with Crippen LogP contribution in [0.5, 0.6) is 0 Å². The molecule has 1 aromatic rings. The Labute approximate surface area is 199 Å². The topological polar surface area (TPSA) is 64.6 Å². The first kappa shape index (κ1) is 25.5. The molecule has 3 rings (SSSR count). The van der Waals surface area contributed by atoms with Crippen molar-refractivity contribution in [3.8, 4) is 0 Å². The normalized spacial score (nSPS) is 24.8. The van der Waals surface area contributed by atoms with Crippen molar-refractivity contribution in [3.05, 3.63) is 48.6 Å². The molecule has 1 aromatic carbocycles. The maximum Gasteiger partial charge on any atom is 0.320 e. The van der Waals surface area contributed by atoms with E-state index in [1.54, 1.807) is 0 Å². The van der Waals surface area contributed by atoms with Gasteiger partial charge in [0.1, 0.15) is 11.7 Å². The van der Waals surface area contributed by atoms with Gasteiger partial charge in [0.2, 0.25) is 0 Å². The van der Waals surface area contributed by atoms with Crippen LogP contribution in [0, 0.1) is 11.8 Å². The molecule has 2 saturated carbocycles. The maximum atomic E-state index is 13.6. The Bertz CT molecular complexity index is 790. The van der Waals surface area contributed by atoms with E-state index in [2.05, 4.69) is 24.0 Å². The monoisotopic (exact) mass is 455 g/mol. The quantitative estimate of drug-likeness (QED) is 0.236. The zero-order chi connectivity index (χ0) is 23.9. The molecule has 0 bridgehead atoms. The van der Waals surface area contributed by atoms with Gasteiger partial charge < -0.3 is 14.8 Å². The van der Waals surface area contributed by atoms with Gasteiger partial charge in [-0.3, -0.25) is 9.59 Å². The molecular formula is C28H41NO4. The van der Waals surface area contributed by atoms with Gasteiger partial charge in [-0.1, -0.05) is 62.1 Å². The zero-order valence-electron chi connectivity index (χ0n) is 20.6. The van der Waals surface area contributed by atoms with Crippen molar-refractivity contribution in [2.24, 2.45) is 11.8 Å². The smallest absolute Gasteiger partial charge is 0.320 e. The zero-order valence-corrected chi connectivity index (χ0v) is 20.6. The number of benzene rings is 1. The second-order valence-electron chi connectivity index (χ2n) is 10.7. The molecule has 3 atom stereocenters. The molecule has 0 radical (unpaired) electrons. The number of allylic oxidation sites excluding steroid dienone is 1. The summed E-state index contributed by atoms with van der Waals surface area (Å²) in [5.41, 5.74) is 0.0792. The molecule has 33 heavy (non-hydrogen) atoms. The highest BCUT2D eigenvalue weighted by molar-refractivity contribution is 5.83. The lowest BCUT2D eigenvalue weighted by Crippen LogP contribution is -2.48. The van der Waals surface area contributed by atoms with Gasteiger partial charge >= 0.3 is 11.9 Å². The van der Waals surface area contributed by atoms with Crippen LogP contribution in [0.2, 0.25) is 0 Å². The molecule has 0 spiro atoms. The van der Waals surface area contributed by atoms with E-state index in [9.17, 15) is 9.59 Å². The molecule has 182 valence electrons. The summed E-state index contributed by atoms with van der Waals surface area (Å²) in [6.45, 7) is 10.4. The van der Waals surface area contributed by atoms with Gasteiger partial charge in [0.25, 0.3) is 0 Å². The number of rotatable bonds is 9. The minimum absolute atomic E-state index is 0.0603. The fraction of sp³-hybridized carbons (Fsp3) is 0.643. The third-order valence-corrected chi connectivity index (χ3v) is 7.11. The van der Waals surface area contributed by atoms with Crippen molar-refractivity contribution in [2.75, 3.05) is 13.1 Å². The van der Waals surface area contributed by atoms with Crippen LogP contribution in [0.3, 0.4) is 0 Å². The van der Waals surface area contributed by atoms with Gasteiger partial charge in [-0.05, 0) is 64.5 Å². The molecule has 5 nitrogen and oxygen atoms in total. The van der Waals surface area contributed by atoms with E-state index in [1.165, 1.54) is 12.8 Å². The summed E-state index contributed by atoms with van der Waals surface area (Å²) in [7, 11) is 0. The van der Waals surface area contributed by atoms with Crippen molar-refractivity contribution < 1.29 is 19.1 Å². The number of carbonyl (C=O) groups is 2. The highest BCUT2D eigenvalue weighted by Gasteiger charge is 2.47. The molecule has 2 unspecified atom stereocenters. The van der Waals surface area contributed by atoms with Crippen LogP contribution in [0.1, 0.15) is 77.7 Å². The third-order valence-electron chi connectivity index (χ3n) is 7.11. The van der Waals surface area contributed by atoms with Crippen LogP contribution >= 0.6 is 0 Å². The maximum absolute atomic E-state index is 13.6. The number of ether oxygens (including phenoxy) is 2. The summed E-state index contributed by atoms with van der Waals surface area (Å²) in [6, 6.07) is 10.2. The van der Waals surface area contributed by atoms with Crippen LogP contribution in [-0.4, -0.2) is 36.7 Å². The molecule has 2 fully saturated rings. The van der Waals surface area contributed by atoms with Crippen LogP contribution in [0.4, 0.5) is 0 Å². The average Bonchev–Trinajstić information content (AvgIpc) is 3.02. The fourth-order valence-corrected chi connectivity index (χ4v) is 5.29. The van der Waals surface area contributed by atoms with E-state index < -0.39 is 11.0 Å². The van der Waals surface area contributed by atoms with E-state index in [4.69, 9.17) is 9.47 Å². The van der Waals surface area contributed by atoms with Crippen molar-refractivity contribution in [1.82, 2.24) is 5.32 Å². The first-order valence-electron chi connectivity index (χ1n) is 12.6. The van der Waals surface area contributed by atoms with Crippen LogP contribution in [0.25, 0.3) is 0 Å². The molecule has 1 N–H and O–H groups in total. The Morgan fingerprint density at radius 2 is 1.79 bits per heavy atom. The van der Waals surface area contributed by atoms with Crippen molar-refractivity contribution >= 4 is 11.9 Å². The first-order chi connectivity index (χ1) is 15.7. The van der Waals surface area contributed by atoms with Crippen molar-refractivity contribution in [2.45, 2.75) is 89.3 Å². The van der Waals surface area contributed by atoms with Crippen LogP contribution in [-0.2, 0) is 24.5 Å². The number of carbonyl (C=O) groups excluding carboxylic acids is 2. The predicted octanol–water partition coefficient (Wildman–Crippen LogP) is 5.33. The first-order valence-corrected chi connectivity index (χ1v) is 12.6. The minimum atomic E-state index is -0.531. The van der Waals surface area contributed by atoms with Crippen LogP contribution in [0.15, 0.2) is 43.0 Å². The third kappa shape index (κ3) is 6.69. The van der Waals surface area contributed by atoms with E-state index >= 15 is 0 Å². The number of hydrogen-bond donors (Lipinski definition) is 1. The summed E-state index contributed by atoms with van der Waals surface area (Å²) in [4.78, 5) is 25.6. The number of esters is 2. The fourth-order valence-electron chi connectivity index (χ4n) is 5.29. The largest absolute Gasteiger partial charge is 0.461 e. The molecule has 2 aliphatic carbocycles. The summed E-state index contributed by atoms with van der Waals surface area (Å²) in [5.74, 6) is 0.261. The molecule has 0 aliphatic heterocycles. The Morgan fingerprint density at radius 1 is 1.12 bits per heavy atom. The molecule has 0 saturated heterocycles. The van der Waals surface area contributed by atoms with Gasteiger partial charge in [0.05, 0.1) is 12.0 Å². The van der Waals surface area contributed by atoms with Gasteiger partial charge in [-0.25, -0.2) is 0 Å². The summed E-state index contributed by atoms with van der Waals surface area (Å²) < 4.78 is 11.6. The lowest BCUT2D eigenvalue weighted by Gasteiger charge is -2.44. The summed E-state index contributed by atoms with van der Waals surface area (Å²) >= 11 is 0. The summed E-state index contributed by atoms with van der Waals surface area (Å²) in [5, 5.41) is 3.18. The summed E-state index contributed by atoms with van der Waals surface area (Å²) in [6.07, 6.45) is 9.72. The second kappa shape index (κ2) is 11.3. The lowest BCUT2D eigenvalue weighted by atomic mass is 9.68.